The zero-order chi connectivity index (χ0) is 18.8. The normalized spacial score (nSPS) is 11.5. The summed E-state index contributed by atoms with van der Waals surface area (Å²) < 4.78 is 11.5. The van der Waals surface area contributed by atoms with Crippen LogP contribution in [0.2, 0.25) is 0 Å². The van der Waals surface area contributed by atoms with Crippen molar-refractivity contribution in [2.75, 3.05) is 33.4 Å². The van der Waals surface area contributed by atoms with E-state index in [4.69, 9.17) is 9.47 Å². The third-order valence-corrected chi connectivity index (χ3v) is 4.58. The molecule has 0 radical (unpaired) electrons. The van der Waals surface area contributed by atoms with Gasteiger partial charge in [-0.15, -0.1) is 0 Å². The van der Waals surface area contributed by atoms with Gasteiger partial charge < -0.3 is 14.4 Å². The maximum Gasteiger partial charge on any atom is 0.347 e. The summed E-state index contributed by atoms with van der Waals surface area (Å²) >= 11 is 0. The zero-order valence-corrected chi connectivity index (χ0v) is 16.0. The summed E-state index contributed by atoms with van der Waals surface area (Å²) in [5.41, 5.74) is 0.267. The molecule has 4 heteroatoms. The number of rotatable bonds is 10. The third-order valence-electron chi connectivity index (χ3n) is 4.58. The number of nitrogens with zero attached hydrogens (tertiary/aromatic N) is 1. The van der Waals surface area contributed by atoms with E-state index in [1.165, 1.54) is 0 Å². The largest absolute Gasteiger partial charge is 0.462 e. The first kappa shape index (κ1) is 20.1. The quantitative estimate of drug-likeness (QED) is 0.607. The van der Waals surface area contributed by atoms with E-state index in [1.54, 1.807) is 7.11 Å². The molecule has 0 amide bonds. The van der Waals surface area contributed by atoms with Gasteiger partial charge in [-0.25, -0.2) is 4.79 Å². The lowest BCUT2D eigenvalue weighted by atomic mass is 9.86. The minimum absolute atomic E-state index is 0.345. The molecule has 0 saturated carbocycles. The first-order chi connectivity index (χ1) is 12.7. The molecule has 0 fully saturated rings. The maximum absolute atomic E-state index is 13.2. The van der Waals surface area contributed by atoms with Crippen LogP contribution in [-0.4, -0.2) is 44.2 Å². The molecule has 0 unspecified atom stereocenters. The van der Waals surface area contributed by atoms with E-state index in [0.29, 0.717) is 6.61 Å². The van der Waals surface area contributed by atoms with Crippen LogP contribution >= 0.6 is 0 Å². The molecule has 2 aromatic rings. The molecule has 2 rings (SSSR count). The molecule has 0 bridgehead atoms. The Kier molecular flexibility index (Phi) is 7.82. The Bertz CT molecular complexity index is 618. The molecule has 0 spiro atoms. The molecule has 0 atom stereocenters. The van der Waals surface area contributed by atoms with Crippen molar-refractivity contribution >= 4 is 5.97 Å². The molecule has 0 heterocycles. The predicted molar refractivity (Wildman–Crippen MR) is 104 cm³/mol. The Morgan fingerprint density at radius 1 is 0.923 bits per heavy atom. The van der Waals surface area contributed by atoms with Crippen LogP contribution in [-0.2, 0) is 19.9 Å². The van der Waals surface area contributed by atoms with Crippen molar-refractivity contribution in [3.8, 4) is 0 Å². The minimum Gasteiger partial charge on any atom is -0.462 e. The van der Waals surface area contributed by atoms with Crippen LogP contribution in [0.3, 0.4) is 0 Å². The monoisotopic (exact) mass is 355 g/mol. The molecule has 0 aliphatic rings. The molecule has 0 aliphatic heterocycles. The number of likely N-dealkylation sites (N-methyl/N-ethyl adjacent to an activating group) is 1. The van der Waals surface area contributed by atoms with Crippen molar-refractivity contribution in [3.05, 3.63) is 71.8 Å². The first-order valence-electron chi connectivity index (χ1n) is 9.24. The molecule has 140 valence electrons. The van der Waals surface area contributed by atoms with E-state index in [1.807, 2.05) is 60.7 Å². The van der Waals surface area contributed by atoms with E-state index in [0.717, 1.165) is 37.2 Å². The fourth-order valence-electron chi connectivity index (χ4n) is 3.18. The Hall–Kier alpha value is -2.17. The average Bonchev–Trinajstić information content (AvgIpc) is 2.70. The van der Waals surface area contributed by atoms with Crippen molar-refractivity contribution < 1.29 is 14.3 Å². The highest BCUT2D eigenvalue weighted by atomic mass is 16.6. The SMILES string of the molecule is CCCN(CC)CCOC(=O)C(OC)(c1ccccc1)c1ccccc1. The van der Waals surface area contributed by atoms with Gasteiger partial charge in [0.2, 0.25) is 5.60 Å². The second kappa shape index (κ2) is 10.1. The summed E-state index contributed by atoms with van der Waals surface area (Å²) in [6, 6.07) is 19.0. The maximum atomic E-state index is 13.2. The van der Waals surface area contributed by atoms with Crippen LogP contribution in [0.4, 0.5) is 0 Å². The second-order valence-electron chi connectivity index (χ2n) is 6.19. The Balaban J connectivity index is 2.25. The van der Waals surface area contributed by atoms with Gasteiger partial charge in [-0.3, -0.25) is 0 Å². The van der Waals surface area contributed by atoms with Gasteiger partial charge in [-0.05, 0) is 30.6 Å². The number of hydrogen-bond donors (Lipinski definition) is 0. The number of esters is 1. The lowest BCUT2D eigenvalue weighted by molar-refractivity contribution is -0.165. The summed E-state index contributed by atoms with van der Waals surface area (Å²) in [5, 5.41) is 0. The highest BCUT2D eigenvalue weighted by Gasteiger charge is 2.44. The van der Waals surface area contributed by atoms with Gasteiger partial charge >= 0.3 is 5.97 Å². The van der Waals surface area contributed by atoms with Crippen molar-refractivity contribution in [1.82, 2.24) is 4.90 Å². The molecule has 4 nitrogen and oxygen atoms in total. The van der Waals surface area contributed by atoms with Gasteiger partial charge in [0, 0.05) is 13.7 Å². The van der Waals surface area contributed by atoms with Gasteiger partial charge in [0.25, 0.3) is 0 Å². The zero-order valence-electron chi connectivity index (χ0n) is 16.0. The topological polar surface area (TPSA) is 38.8 Å². The average molecular weight is 355 g/mol. The van der Waals surface area contributed by atoms with Crippen LogP contribution in [0.15, 0.2) is 60.7 Å². The van der Waals surface area contributed by atoms with E-state index < -0.39 is 5.60 Å². The molecule has 2 aromatic carbocycles. The fourth-order valence-corrected chi connectivity index (χ4v) is 3.18. The minimum atomic E-state index is -1.26. The summed E-state index contributed by atoms with van der Waals surface area (Å²) in [6.45, 7) is 7.27. The predicted octanol–water partition coefficient (Wildman–Crippen LogP) is 3.85. The van der Waals surface area contributed by atoms with Crippen LogP contribution in [0, 0.1) is 0 Å². The van der Waals surface area contributed by atoms with Gasteiger partial charge in [-0.2, -0.15) is 0 Å². The Morgan fingerprint density at radius 3 is 1.88 bits per heavy atom. The highest BCUT2D eigenvalue weighted by Crippen LogP contribution is 2.34. The molecule has 0 saturated heterocycles. The smallest absolute Gasteiger partial charge is 0.347 e. The van der Waals surface area contributed by atoms with Gasteiger partial charge in [-0.1, -0.05) is 74.5 Å². The number of methoxy groups -OCH3 is 1. The van der Waals surface area contributed by atoms with Crippen LogP contribution in [0.1, 0.15) is 31.4 Å². The van der Waals surface area contributed by atoms with Gasteiger partial charge in [0.05, 0.1) is 0 Å². The highest BCUT2D eigenvalue weighted by molar-refractivity contribution is 5.85. The molecule has 0 N–H and O–H groups in total. The standard InChI is InChI=1S/C22H29NO3/c1-4-16-23(5-2)17-18-26-21(24)22(25-3,19-12-8-6-9-13-19)20-14-10-7-11-15-20/h6-15H,4-5,16-18H2,1-3H3. The van der Waals surface area contributed by atoms with Crippen molar-refractivity contribution in [3.63, 3.8) is 0 Å². The number of ether oxygens (including phenoxy) is 2. The number of hydrogen-bond acceptors (Lipinski definition) is 4. The fraction of sp³-hybridized carbons (Fsp3) is 0.409. The van der Waals surface area contributed by atoms with E-state index >= 15 is 0 Å². The molecule has 0 aromatic heterocycles. The third kappa shape index (κ3) is 4.51. The molecular formula is C22H29NO3. The van der Waals surface area contributed by atoms with Crippen molar-refractivity contribution in [2.45, 2.75) is 25.9 Å². The first-order valence-corrected chi connectivity index (χ1v) is 9.24. The molecular weight excluding hydrogens is 326 g/mol. The van der Waals surface area contributed by atoms with E-state index in [-0.39, 0.29) is 5.97 Å². The van der Waals surface area contributed by atoms with E-state index in [9.17, 15) is 4.79 Å². The summed E-state index contributed by atoms with van der Waals surface area (Å²) in [7, 11) is 1.55. The second-order valence-corrected chi connectivity index (χ2v) is 6.19. The van der Waals surface area contributed by atoms with Gasteiger partial charge in [0.1, 0.15) is 6.61 Å². The number of benzene rings is 2. The summed E-state index contributed by atoms with van der Waals surface area (Å²) in [6.07, 6.45) is 1.08. The Labute approximate surface area is 156 Å². The summed E-state index contributed by atoms with van der Waals surface area (Å²) in [5.74, 6) is -0.384. The molecule has 26 heavy (non-hydrogen) atoms. The van der Waals surface area contributed by atoms with Gasteiger partial charge in [0.15, 0.2) is 0 Å². The van der Waals surface area contributed by atoms with Crippen molar-refractivity contribution in [2.24, 2.45) is 0 Å². The summed E-state index contributed by atoms with van der Waals surface area (Å²) in [4.78, 5) is 15.4. The van der Waals surface area contributed by atoms with Crippen LogP contribution in [0.5, 0.6) is 0 Å². The lowest BCUT2D eigenvalue weighted by Crippen LogP contribution is -2.41. The number of carbonyl (C=O) groups is 1. The molecule has 0 aliphatic carbocycles. The van der Waals surface area contributed by atoms with Crippen LogP contribution < -0.4 is 0 Å². The van der Waals surface area contributed by atoms with Crippen LogP contribution in [0.25, 0.3) is 0 Å². The Morgan fingerprint density at radius 2 is 1.46 bits per heavy atom. The van der Waals surface area contributed by atoms with Crippen molar-refractivity contribution in [1.29, 1.82) is 0 Å². The number of carbonyl (C=O) groups excluding carboxylic acids is 1. The van der Waals surface area contributed by atoms with E-state index in [2.05, 4.69) is 18.7 Å². The lowest BCUT2D eigenvalue weighted by Gasteiger charge is -2.31.